The van der Waals surface area contributed by atoms with Crippen molar-refractivity contribution in [2.45, 2.75) is 6.92 Å². The van der Waals surface area contributed by atoms with E-state index >= 15 is 0 Å². The maximum Gasteiger partial charge on any atom is 0.0954 e. The first-order valence-corrected chi connectivity index (χ1v) is 5.89. The van der Waals surface area contributed by atoms with Gasteiger partial charge in [-0.05, 0) is 20.0 Å². The van der Waals surface area contributed by atoms with Gasteiger partial charge in [0, 0.05) is 52.8 Å². The molecule has 97 valence electrons. The zero-order valence-corrected chi connectivity index (χ0v) is 14.2. The van der Waals surface area contributed by atoms with Crippen LogP contribution in [0.1, 0.15) is 6.92 Å². The van der Waals surface area contributed by atoms with Crippen molar-refractivity contribution in [3.63, 3.8) is 0 Å². The zero-order valence-electron chi connectivity index (χ0n) is 11.3. The van der Waals surface area contributed by atoms with Gasteiger partial charge >= 0.3 is 0 Å². The van der Waals surface area contributed by atoms with Crippen LogP contribution in [0.15, 0.2) is 35.3 Å². The van der Waals surface area contributed by atoms with Crippen molar-refractivity contribution < 1.29 is 32.7 Å². The molecule has 0 spiro atoms. The van der Waals surface area contributed by atoms with E-state index in [0.29, 0.717) is 0 Å². The van der Waals surface area contributed by atoms with Crippen molar-refractivity contribution in [2.24, 2.45) is 4.99 Å². The molecule has 18 heavy (non-hydrogen) atoms. The predicted octanol–water partition coefficient (Wildman–Crippen LogP) is 1.93. The fraction of sp³-hybridized carbons (Fsp3) is 0.429. The van der Waals surface area contributed by atoms with Gasteiger partial charge in [0.15, 0.2) is 0 Å². The summed E-state index contributed by atoms with van der Waals surface area (Å²) in [7, 11) is 5.72. The summed E-state index contributed by atoms with van der Waals surface area (Å²) in [5.74, 6) is 1.14. The third-order valence-corrected chi connectivity index (χ3v) is 2.76. The van der Waals surface area contributed by atoms with Gasteiger partial charge in [0.05, 0.1) is 5.84 Å². The quantitative estimate of drug-likeness (QED) is 0.413. The van der Waals surface area contributed by atoms with Crippen LogP contribution in [0, 0.1) is 13.1 Å². The Balaban J connectivity index is 0.000000352. The summed E-state index contributed by atoms with van der Waals surface area (Å²) in [5, 5.41) is 0. The number of benzene rings is 1. The van der Waals surface area contributed by atoms with E-state index in [1.54, 1.807) is 0 Å². The van der Waals surface area contributed by atoms with Crippen molar-refractivity contribution in [1.82, 2.24) is 9.80 Å². The van der Waals surface area contributed by atoms with Crippen LogP contribution in [0.3, 0.4) is 0 Å². The smallest absolute Gasteiger partial charge is 0.0954 e. The van der Waals surface area contributed by atoms with Gasteiger partial charge in [0.2, 0.25) is 0 Å². The van der Waals surface area contributed by atoms with E-state index in [4.69, 9.17) is 0 Å². The summed E-state index contributed by atoms with van der Waals surface area (Å²) in [4.78, 5) is 8.53. The monoisotopic (exact) mass is 320 g/mol. The Kier molecular flexibility index (Phi) is 10.5. The minimum absolute atomic E-state index is 0. The Hall–Kier alpha value is -0.246. The van der Waals surface area contributed by atoms with Crippen molar-refractivity contribution in [3.8, 4) is 0 Å². The fourth-order valence-corrected chi connectivity index (χ4v) is 1.55. The molecule has 0 amide bonds. The van der Waals surface area contributed by atoms with Gasteiger partial charge in [-0.25, -0.2) is 0 Å². The first kappa shape index (κ1) is 17.8. The number of piperazine rings is 1. The Bertz CT molecular complexity index is 292. The molecule has 0 aliphatic carbocycles. The first-order valence-electron chi connectivity index (χ1n) is 5.89. The number of rotatable bonds is 0. The SMILES string of the molecule is [CH2-]N1CCN(C(C)=NC)CC1.[Y].[c-]1ccccc1. The maximum atomic E-state index is 4.14. The summed E-state index contributed by atoms with van der Waals surface area (Å²) >= 11 is 0. The standard InChI is InChI=1S/C8H16N3.C6H5.Y/c1-8(9-2)11-6-4-10(3)5-7-11;1-2-4-6-5-3-1;/h3-7H2,1-2H3;1-5H;/q2*-1;. The average Bonchev–Trinajstić information content (AvgIpc) is 2.41. The minimum Gasteiger partial charge on any atom is -0.456 e. The van der Waals surface area contributed by atoms with Crippen LogP contribution in [0.5, 0.6) is 0 Å². The molecular weight excluding hydrogens is 299 g/mol. The van der Waals surface area contributed by atoms with Gasteiger partial charge in [-0.15, -0.1) is 0 Å². The number of amidine groups is 1. The maximum absolute atomic E-state index is 4.14. The molecule has 1 aliphatic heterocycles. The molecule has 4 heteroatoms. The van der Waals surface area contributed by atoms with E-state index in [2.05, 4.69) is 34.8 Å². The molecule has 0 atom stereocenters. The summed E-state index contributed by atoms with van der Waals surface area (Å²) in [6, 6.07) is 12.5. The van der Waals surface area contributed by atoms with E-state index in [1.807, 2.05) is 37.4 Å². The van der Waals surface area contributed by atoms with Gasteiger partial charge in [0.25, 0.3) is 0 Å². The molecule has 1 aliphatic rings. The Morgan fingerprint density at radius 3 is 2.00 bits per heavy atom. The van der Waals surface area contributed by atoms with E-state index in [1.165, 1.54) is 0 Å². The Morgan fingerprint density at radius 2 is 1.67 bits per heavy atom. The van der Waals surface area contributed by atoms with Crippen LogP contribution in [0.4, 0.5) is 0 Å². The largest absolute Gasteiger partial charge is 0.456 e. The second-order valence-corrected chi connectivity index (χ2v) is 3.95. The van der Waals surface area contributed by atoms with E-state index in [-0.39, 0.29) is 32.7 Å². The van der Waals surface area contributed by atoms with Gasteiger partial charge in [-0.1, -0.05) is 0 Å². The van der Waals surface area contributed by atoms with E-state index < -0.39 is 0 Å². The molecule has 1 heterocycles. The van der Waals surface area contributed by atoms with Crippen LogP contribution in [0.25, 0.3) is 0 Å². The molecule has 1 fully saturated rings. The zero-order chi connectivity index (χ0) is 12.5. The third-order valence-electron chi connectivity index (χ3n) is 2.76. The minimum atomic E-state index is 0. The van der Waals surface area contributed by atoms with Gasteiger partial charge < -0.3 is 9.80 Å². The molecule has 0 aromatic heterocycles. The van der Waals surface area contributed by atoms with Gasteiger partial charge in [0.1, 0.15) is 0 Å². The van der Waals surface area contributed by atoms with Crippen molar-refractivity contribution in [2.75, 3.05) is 33.2 Å². The number of hydrogen-bond acceptors (Lipinski definition) is 2. The predicted molar refractivity (Wildman–Crippen MR) is 72.8 cm³/mol. The summed E-state index contributed by atoms with van der Waals surface area (Å²) < 4.78 is 0. The molecule has 0 unspecified atom stereocenters. The molecule has 2 rings (SSSR count). The van der Waals surface area contributed by atoms with Gasteiger partial charge in [-0.3, -0.25) is 12.0 Å². The number of hydrogen-bond donors (Lipinski definition) is 0. The van der Waals surface area contributed by atoms with Crippen molar-refractivity contribution in [1.29, 1.82) is 0 Å². The van der Waals surface area contributed by atoms with Crippen LogP contribution in [-0.2, 0) is 32.7 Å². The molecular formula is C14H21N3Y-2. The molecule has 1 radical (unpaired) electrons. The summed E-state index contributed by atoms with van der Waals surface area (Å²) in [6.07, 6.45) is 0. The normalized spacial score (nSPS) is 16.4. The molecule has 0 saturated carbocycles. The molecule has 3 nitrogen and oxygen atoms in total. The molecule has 1 saturated heterocycles. The van der Waals surface area contributed by atoms with Crippen LogP contribution in [0.2, 0.25) is 0 Å². The summed E-state index contributed by atoms with van der Waals surface area (Å²) in [6.45, 7) is 6.28. The molecule has 1 aromatic carbocycles. The molecule has 0 N–H and O–H groups in total. The van der Waals surface area contributed by atoms with Crippen molar-refractivity contribution >= 4 is 5.84 Å². The van der Waals surface area contributed by atoms with Crippen LogP contribution in [-0.4, -0.2) is 48.9 Å². The van der Waals surface area contributed by atoms with Gasteiger partial charge in [-0.2, -0.15) is 36.4 Å². The van der Waals surface area contributed by atoms with Crippen LogP contribution < -0.4 is 0 Å². The van der Waals surface area contributed by atoms with Crippen LogP contribution >= 0.6 is 0 Å². The number of nitrogens with zero attached hydrogens (tertiary/aromatic N) is 3. The first-order chi connectivity index (χ1) is 8.24. The van der Waals surface area contributed by atoms with E-state index in [9.17, 15) is 0 Å². The Morgan fingerprint density at radius 1 is 1.11 bits per heavy atom. The fourth-order valence-electron chi connectivity index (χ4n) is 1.55. The third kappa shape index (κ3) is 7.25. The molecule has 1 aromatic rings. The number of aliphatic imine (C=N–C) groups is 1. The second-order valence-electron chi connectivity index (χ2n) is 3.95. The topological polar surface area (TPSA) is 18.8 Å². The van der Waals surface area contributed by atoms with E-state index in [0.717, 1.165) is 32.0 Å². The summed E-state index contributed by atoms with van der Waals surface area (Å²) in [5.41, 5.74) is 0. The average molecular weight is 320 g/mol. The van der Waals surface area contributed by atoms with Crippen molar-refractivity contribution in [3.05, 3.63) is 43.4 Å². The molecule has 0 bridgehead atoms. The second kappa shape index (κ2) is 10.7. The Labute approximate surface area is 136 Å².